The van der Waals surface area contributed by atoms with E-state index in [-0.39, 0.29) is 11.2 Å². The molecular formula is C21H23N3O2S. The Morgan fingerprint density at radius 2 is 1.89 bits per heavy atom. The van der Waals surface area contributed by atoms with Crippen molar-refractivity contribution in [1.29, 1.82) is 0 Å². The van der Waals surface area contributed by atoms with Crippen LogP contribution < -0.4 is 4.74 Å². The highest BCUT2D eigenvalue weighted by Gasteiger charge is 2.37. The third-order valence-electron chi connectivity index (χ3n) is 4.22. The van der Waals surface area contributed by atoms with Gasteiger partial charge in [-0.3, -0.25) is 9.69 Å². The first kappa shape index (κ1) is 19.2. The van der Waals surface area contributed by atoms with Gasteiger partial charge in [0.2, 0.25) is 5.91 Å². The van der Waals surface area contributed by atoms with Crippen LogP contribution in [0.25, 0.3) is 0 Å². The van der Waals surface area contributed by atoms with Crippen molar-refractivity contribution in [3.63, 3.8) is 0 Å². The smallest absolute Gasteiger partial charge is 0.242 e. The van der Waals surface area contributed by atoms with E-state index in [4.69, 9.17) is 4.74 Å². The number of rotatable bonds is 7. The molecule has 1 aliphatic rings. The molecule has 27 heavy (non-hydrogen) atoms. The monoisotopic (exact) mass is 381 g/mol. The van der Waals surface area contributed by atoms with Crippen LogP contribution in [0, 0.1) is 0 Å². The molecule has 1 aliphatic heterocycles. The van der Waals surface area contributed by atoms with Crippen LogP contribution in [0.15, 0.2) is 64.8 Å². The molecule has 1 saturated heterocycles. The minimum absolute atomic E-state index is 0.0843. The molecule has 0 unspecified atom stereocenters. The van der Waals surface area contributed by atoms with Crippen molar-refractivity contribution in [2.45, 2.75) is 31.6 Å². The van der Waals surface area contributed by atoms with Gasteiger partial charge in [-0.1, -0.05) is 67.6 Å². The van der Waals surface area contributed by atoms with Crippen molar-refractivity contribution in [1.82, 2.24) is 4.90 Å². The van der Waals surface area contributed by atoms with Crippen molar-refractivity contribution in [2.75, 3.05) is 7.11 Å². The quantitative estimate of drug-likeness (QED) is 0.530. The Balaban J connectivity index is 1.78. The van der Waals surface area contributed by atoms with Gasteiger partial charge < -0.3 is 4.74 Å². The Morgan fingerprint density at radius 1 is 1.15 bits per heavy atom. The molecule has 3 rings (SSSR count). The lowest BCUT2D eigenvalue weighted by atomic mass is 10.2. The van der Waals surface area contributed by atoms with Gasteiger partial charge in [0, 0.05) is 0 Å². The van der Waals surface area contributed by atoms with Crippen LogP contribution in [-0.4, -0.2) is 34.5 Å². The first-order chi connectivity index (χ1) is 13.2. The molecule has 1 heterocycles. The molecule has 140 valence electrons. The molecule has 0 bridgehead atoms. The van der Waals surface area contributed by atoms with Crippen molar-refractivity contribution in [3.8, 4) is 5.75 Å². The minimum Gasteiger partial charge on any atom is -0.497 e. The van der Waals surface area contributed by atoms with Crippen LogP contribution >= 0.6 is 11.8 Å². The van der Waals surface area contributed by atoms with Crippen LogP contribution in [-0.2, 0) is 11.3 Å². The SMILES string of the molecule is CCC[C@@H]1S/C(=N\N=C/c2ccccc2)N(Cc2ccc(OC)cc2)C1=O. The summed E-state index contributed by atoms with van der Waals surface area (Å²) < 4.78 is 5.20. The zero-order valence-corrected chi connectivity index (χ0v) is 16.4. The first-order valence-electron chi connectivity index (χ1n) is 8.98. The van der Waals surface area contributed by atoms with Gasteiger partial charge in [-0.05, 0) is 29.7 Å². The summed E-state index contributed by atoms with van der Waals surface area (Å²) in [6.45, 7) is 2.57. The predicted molar refractivity (Wildman–Crippen MR) is 111 cm³/mol. The number of nitrogens with zero attached hydrogens (tertiary/aromatic N) is 3. The van der Waals surface area contributed by atoms with Gasteiger partial charge >= 0.3 is 0 Å². The zero-order valence-electron chi connectivity index (χ0n) is 15.5. The lowest BCUT2D eigenvalue weighted by Crippen LogP contribution is -2.31. The van der Waals surface area contributed by atoms with E-state index in [1.54, 1.807) is 18.2 Å². The summed E-state index contributed by atoms with van der Waals surface area (Å²) in [5, 5.41) is 9.11. The van der Waals surface area contributed by atoms with Crippen molar-refractivity contribution in [3.05, 3.63) is 65.7 Å². The maximum absolute atomic E-state index is 12.8. The van der Waals surface area contributed by atoms with E-state index in [0.717, 1.165) is 29.7 Å². The molecular weight excluding hydrogens is 358 g/mol. The number of carbonyl (C=O) groups excluding carboxylic acids is 1. The molecule has 0 saturated carbocycles. The van der Waals surface area contributed by atoms with Crippen molar-refractivity contribution < 1.29 is 9.53 Å². The Kier molecular flexibility index (Phi) is 6.65. The first-order valence-corrected chi connectivity index (χ1v) is 9.86. The molecule has 0 aromatic heterocycles. The molecule has 0 spiro atoms. The Labute approximate surface area is 164 Å². The third-order valence-corrected chi connectivity index (χ3v) is 5.46. The van der Waals surface area contributed by atoms with Crippen LogP contribution in [0.3, 0.4) is 0 Å². The fraction of sp³-hybridized carbons (Fsp3) is 0.286. The summed E-state index contributed by atoms with van der Waals surface area (Å²) in [6, 6.07) is 17.5. The Bertz CT molecular complexity index is 819. The van der Waals surface area contributed by atoms with E-state index >= 15 is 0 Å². The van der Waals surface area contributed by atoms with Gasteiger partial charge in [-0.2, -0.15) is 5.10 Å². The van der Waals surface area contributed by atoms with E-state index in [1.807, 2.05) is 54.6 Å². The minimum atomic E-state index is -0.0843. The number of amidine groups is 1. The van der Waals surface area contributed by atoms with Gasteiger partial charge in [0.25, 0.3) is 0 Å². The highest BCUT2D eigenvalue weighted by Crippen LogP contribution is 2.31. The van der Waals surface area contributed by atoms with Gasteiger partial charge in [-0.15, -0.1) is 5.10 Å². The topological polar surface area (TPSA) is 54.3 Å². The largest absolute Gasteiger partial charge is 0.497 e. The molecule has 0 N–H and O–H groups in total. The summed E-state index contributed by atoms with van der Waals surface area (Å²) in [5.41, 5.74) is 2.00. The number of hydrogen-bond donors (Lipinski definition) is 0. The lowest BCUT2D eigenvalue weighted by Gasteiger charge is -2.16. The summed E-state index contributed by atoms with van der Waals surface area (Å²) in [6.07, 6.45) is 3.50. The summed E-state index contributed by atoms with van der Waals surface area (Å²) in [4.78, 5) is 14.5. The van der Waals surface area contributed by atoms with E-state index in [9.17, 15) is 4.79 Å². The van der Waals surface area contributed by atoms with Gasteiger partial charge in [0.05, 0.1) is 25.1 Å². The second kappa shape index (κ2) is 9.37. The molecule has 5 nitrogen and oxygen atoms in total. The number of hydrogen-bond acceptors (Lipinski definition) is 5. The highest BCUT2D eigenvalue weighted by atomic mass is 32.2. The Hall–Kier alpha value is -2.60. The van der Waals surface area contributed by atoms with E-state index in [1.165, 1.54) is 11.8 Å². The molecule has 0 aliphatic carbocycles. The van der Waals surface area contributed by atoms with Crippen LogP contribution in [0.2, 0.25) is 0 Å². The molecule has 1 amide bonds. The average molecular weight is 382 g/mol. The number of amides is 1. The molecule has 0 radical (unpaired) electrons. The Morgan fingerprint density at radius 3 is 2.56 bits per heavy atom. The second-order valence-electron chi connectivity index (χ2n) is 6.21. The van der Waals surface area contributed by atoms with Gasteiger partial charge in [0.1, 0.15) is 5.75 Å². The average Bonchev–Trinajstić information content (AvgIpc) is 2.99. The standard InChI is InChI=1S/C21H23N3O2S/c1-3-7-19-20(25)24(15-17-10-12-18(26-2)13-11-17)21(27-19)23-22-14-16-8-5-4-6-9-16/h4-6,8-14,19H,3,7,15H2,1-2H3/b22-14-,23-21-/t19-/m0/s1. The molecule has 1 fully saturated rings. The van der Waals surface area contributed by atoms with Gasteiger partial charge in [0.15, 0.2) is 5.17 Å². The highest BCUT2D eigenvalue weighted by molar-refractivity contribution is 8.15. The van der Waals surface area contributed by atoms with Gasteiger partial charge in [-0.25, -0.2) is 0 Å². The molecule has 2 aromatic rings. The molecule has 1 atom stereocenters. The van der Waals surface area contributed by atoms with Crippen LogP contribution in [0.1, 0.15) is 30.9 Å². The van der Waals surface area contributed by atoms with Crippen LogP contribution in [0.4, 0.5) is 0 Å². The number of ether oxygens (including phenoxy) is 1. The fourth-order valence-electron chi connectivity index (χ4n) is 2.77. The van der Waals surface area contributed by atoms with Crippen molar-refractivity contribution in [2.24, 2.45) is 10.2 Å². The summed E-state index contributed by atoms with van der Waals surface area (Å²) >= 11 is 1.50. The predicted octanol–water partition coefficient (Wildman–Crippen LogP) is 4.33. The maximum Gasteiger partial charge on any atom is 0.242 e. The fourth-order valence-corrected chi connectivity index (χ4v) is 3.99. The van der Waals surface area contributed by atoms with E-state index in [0.29, 0.717) is 11.7 Å². The van der Waals surface area contributed by atoms with Crippen molar-refractivity contribution >= 4 is 29.1 Å². The maximum atomic E-state index is 12.8. The normalized spacial score (nSPS) is 18.6. The number of carbonyl (C=O) groups is 1. The number of thioether (sulfide) groups is 1. The summed E-state index contributed by atoms with van der Waals surface area (Å²) in [7, 11) is 1.64. The summed E-state index contributed by atoms with van der Waals surface area (Å²) in [5.74, 6) is 0.900. The third kappa shape index (κ3) is 4.98. The second-order valence-corrected chi connectivity index (χ2v) is 7.38. The zero-order chi connectivity index (χ0) is 19.1. The van der Waals surface area contributed by atoms with E-state index in [2.05, 4.69) is 17.1 Å². The lowest BCUT2D eigenvalue weighted by molar-refractivity contribution is -0.126. The molecule has 2 aromatic carbocycles. The number of methoxy groups -OCH3 is 1. The molecule has 6 heteroatoms. The number of benzene rings is 2. The van der Waals surface area contributed by atoms with Crippen LogP contribution in [0.5, 0.6) is 5.75 Å². The van der Waals surface area contributed by atoms with E-state index < -0.39 is 0 Å².